The molecular weight excluding hydrogens is 338 g/mol. The van der Waals surface area contributed by atoms with Gasteiger partial charge in [-0.3, -0.25) is 4.79 Å². The molecule has 0 aliphatic heterocycles. The van der Waals surface area contributed by atoms with E-state index in [9.17, 15) is 23.1 Å². The van der Waals surface area contributed by atoms with Crippen molar-refractivity contribution in [3.63, 3.8) is 0 Å². The molecule has 0 aliphatic carbocycles. The van der Waals surface area contributed by atoms with E-state index in [1.54, 1.807) is 0 Å². The Balaban J connectivity index is 2.38. The van der Waals surface area contributed by atoms with Gasteiger partial charge in [-0.2, -0.15) is 8.42 Å². The highest BCUT2D eigenvalue weighted by Gasteiger charge is 2.22. The van der Waals surface area contributed by atoms with Crippen molar-refractivity contribution in [3.05, 3.63) is 36.3 Å². The van der Waals surface area contributed by atoms with Gasteiger partial charge in [-0.05, 0) is 18.2 Å². The fraction of sp³-hybridized carbons (Fsp3) is 0.154. The molecule has 11 heteroatoms. The van der Waals surface area contributed by atoms with Crippen molar-refractivity contribution >= 4 is 27.9 Å². The van der Waals surface area contributed by atoms with Gasteiger partial charge < -0.3 is 16.2 Å². The van der Waals surface area contributed by atoms with Gasteiger partial charge in [0.15, 0.2) is 5.69 Å². The minimum Gasteiger partial charge on any atom is -0.477 e. The maximum absolute atomic E-state index is 11.4. The molecule has 2 heterocycles. The largest absolute Gasteiger partial charge is 0.477 e. The van der Waals surface area contributed by atoms with Gasteiger partial charge >= 0.3 is 16.2 Å². The molecule has 0 atom stereocenters. The number of nitrogens with zero attached hydrogens (tertiary/aromatic N) is 2. The standard InChI is InChI=1S/C13H15N5O5S/c14-5-3-11(19)17-10-2-1-8(7-16-10)9-4-6-18(24(15,22)23)12(9)13(20)21/h1-2,4,6-7H,3,5,14H2,(H,20,21)(H2,15,22,23)(H,16,17,19). The Morgan fingerprint density at radius 1 is 1.29 bits per heavy atom. The van der Waals surface area contributed by atoms with Gasteiger partial charge in [0, 0.05) is 36.5 Å². The number of nitrogens with one attached hydrogen (secondary N) is 1. The number of rotatable bonds is 6. The highest BCUT2D eigenvalue weighted by Crippen LogP contribution is 2.26. The lowest BCUT2D eigenvalue weighted by Gasteiger charge is -2.07. The second-order valence-corrected chi connectivity index (χ2v) is 6.17. The van der Waals surface area contributed by atoms with Crippen molar-refractivity contribution in [2.45, 2.75) is 6.42 Å². The molecule has 6 N–H and O–H groups in total. The molecule has 1 amide bonds. The van der Waals surface area contributed by atoms with Crippen molar-refractivity contribution in [2.75, 3.05) is 11.9 Å². The van der Waals surface area contributed by atoms with Gasteiger partial charge in [-0.1, -0.05) is 0 Å². The first-order valence-corrected chi connectivity index (χ1v) is 8.18. The number of hydrogen-bond donors (Lipinski definition) is 4. The molecule has 0 aromatic carbocycles. The van der Waals surface area contributed by atoms with Crippen molar-refractivity contribution in [1.82, 2.24) is 8.96 Å². The summed E-state index contributed by atoms with van der Waals surface area (Å²) in [5, 5.41) is 16.8. The smallest absolute Gasteiger partial charge is 0.354 e. The summed E-state index contributed by atoms with van der Waals surface area (Å²) >= 11 is 0. The van der Waals surface area contributed by atoms with Crippen LogP contribution in [0.2, 0.25) is 0 Å². The molecule has 0 saturated heterocycles. The summed E-state index contributed by atoms with van der Waals surface area (Å²) in [6.45, 7) is 0.201. The molecule has 24 heavy (non-hydrogen) atoms. The van der Waals surface area contributed by atoms with Crippen molar-refractivity contribution in [1.29, 1.82) is 0 Å². The molecule has 0 spiro atoms. The number of hydrogen-bond acceptors (Lipinski definition) is 6. The third-order valence-corrected chi connectivity index (χ3v) is 3.89. The van der Waals surface area contributed by atoms with E-state index in [0.29, 0.717) is 9.54 Å². The molecule has 0 saturated carbocycles. The third kappa shape index (κ3) is 3.76. The number of carboxylic acids is 1. The lowest BCUT2D eigenvalue weighted by Crippen LogP contribution is -2.24. The molecule has 0 fully saturated rings. The summed E-state index contributed by atoms with van der Waals surface area (Å²) in [5.74, 6) is -1.49. The number of aromatic nitrogens is 2. The quantitative estimate of drug-likeness (QED) is 0.546. The van der Waals surface area contributed by atoms with Gasteiger partial charge in [-0.15, -0.1) is 0 Å². The van der Waals surface area contributed by atoms with Crippen LogP contribution < -0.4 is 16.2 Å². The average Bonchev–Trinajstić information content (AvgIpc) is 2.93. The number of carbonyl (C=O) groups excluding carboxylic acids is 1. The molecule has 0 bridgehead atoms. The summed E-state index contributed by atoms with van der Waals surface area (Å²) < 4.78 is 23.4. The van der Waals surface area contributed by atoms with E-state index >= 15 is 0 Å². The number of anilines is 1. The Bertz CT molecular complexity index is 873. The molecule has 0 aliphatic rings. The monoisotopic (exact) mass is 353 g/mol. The Kier molecular flexibility index (Phi) is 4.97. The van der Waals surface area contributed by atoms with E-state index in [1.807, 2.05) is 0 Å². The Hall–Kier alpha value is -2.76. The van der Waals surface area contributed by atoms with Crippen molar-refractivity contribution in [2.24, 2.45) is 10.9 Å². The summed E-state index contributed by atoms with van der Waals surface area (Å²) in [4.78, 5) is 26.8. The number of nitrogens with two attached hydrogens (primary N) is 2. The summed E-state index contributed by atoms with van der Waals surface area (Å²) in [7, 11) is -4.25. The lowest BCUT2D eigenvalue weighted by atomic mass is 10.1. The van der Waals surface area contributed by atoms with E-state index in [-0.39, 0.29) is 30.3 Å². The Morgan fingerprint density at radius 2 is 2.00 bits per heavy atom. The van der Waals surface area contributed by atoms with Gasteiger partial charge in [0.05, 0.1) is 0 Å². The average molecular weight is 353 g/mol. The number of amides is 1. The predicted octanol–water partition coefficient (Wildman–Crippen LogP) is -0.413. The van der Waals surface area contributed by atoms with Gasteiger partial charge in [-0.25, -0.2) is 18.9 Å². The zero-order chi connectivity index (χ0) is 17.9. The van der Waals surface area contributed by atoms with Crippen LogP contribution in [0.3, 0.4) is 0 Å². The highest BCUT2D eigenvalue weighted by molar-refractivity contribution is 7.87. The number of pyridine rings is 1. The second kappa shape index (κ2) is 6.78. The molecule has 10 nitrogen and oxygen atoms in total. The first-order valence-electron chi connectivity index (χ1n) is 6.68. The summed E-state index contributed by atoms with van der Waals surface area (Å²) in [6.07, 6.45) is 2.50. The first kappa shape index (κ1) is 17.6. The molecule has 2 rings (SSSR count). The number of aromatic carboxylic acids is 1. The summed E-state index contributed by atoms with van der Waals surface area (Å²) in [6, 6.07) is 4.27. The zero-order valence-electron chi connectivity index (χ0n) is 12.3. The van der Waals surface area contributed by atoms with Crippen LogP contribution in [0, 0.1) is 0 Å². The van der Waals surface area contributed by atoms with Gasteiger partial charge in [0.2, 0.25) is 5.91 Å². The number of carbonyl (C=O) groups is 2. The van der Waals surface area contributed by atoms with Crippen LogP contribution >= 0.6 is 0 Å². The predicted molar refractivity (Wildman–Crippen MR) is 85.4 cm³/mol. The van der Waals surface area contributed by atoms with E-state index < -0.39 is 21.9 Å². The molecule has 0 unspecified atom stereocenters. The van der Waals surface area contributed by atoms with Crippen molar-refractivity contribution < 1.29 is 23.1 Å². The minimum atomic E-state index is -4.25. The minimum absolute atomic E-state index is 0.129. The van der Waals surface area contributed by atoms with Crippen LogP contribution in [0.5, 0.6) is 0 Å². The molecule has 0 radical (unpaired) electrons. The topological polar surface area (TPSA) is 170 Å². The molecular formula is C13H15N5O5S. The SMILES string of the molecule is NCCC(=O)Nc1ccc(-c2ccn(S(N)(=O)=O)c2C(=O)O)cn1. The van der Waals surface area contributed by atoms with Crippen molar-refractivity contribution in [3.8, 4) is 11.1 Å². The van der Waals surface area contributed by atoms with Crippen LogP contribution in [-0.2, 0) is 15.0 Å². The van der Waals surface area contributed by atoms with Crippen LogP contribution in [-0.4, -0.2) is 40.9 Å². The molecule has 2 aromatic rings. The summed E-state index contributed by atoms with van der Waals surface area (Å²) in [5.41, 5.74) is 5.25. The van der Waals surface area contributed by atoms with E-state index in [2.05, 4.69) is 10.3 Å². The second-order valence-electron chi connectivity index (χ2n) is 4.74. The normalized spacial score (nSPS) is 11.2. The fourth-order valence-electron chi connectivity index (χ4n) is 2.03. The zero-order valence-corrected chi connectivity index (χ0v) is 13.2. The number of carboxylic acid groups (broad SMARTS) is 1. The van der Waals surface area contributed by atoms with Crippen LogP contribution in [0.1, 0.15) is 16.9 Å². The third-order valence-electron chi connectivity index (χ3n) is 3.04. The molecule has 128 valence electrons. The Morgan fingerprint density at radius 3 is 2.50 bits per heavy atom. The van der Waals surface area contributed by atoms with E-state index in [0.717, 1.165) is 6.20 Å². The fourth-order valence-corrected chi connectivity index (χ4v) is 2.69. The van der Waals surface area contributed by atoms with Crippen LogP contribution in [0.25, 0.3) is 11.1 Å². The van der Waals surface area contributed by atoms with Crippen LogP contribution in [0.4, 0.5) is 5.82 Å². The van der Waals surface area contributed by atoms with E-state index in [4.69, 9.17) is 10.9 Å². The maximum atomic E-state index is 11.4. The van der Waals surface area contributed by atoms with Gasteiger partial charge in [0.1, 0.15) is 5.82 Å². The van der Waals surface area contributed by atoms with E-state index in [1.165, 1.54) is 24.4 Å². The highest BCUT2D eigenvalue weighted by atomic mass is 32.2. The Labute approximate surface area is 137 Å². The lowest BCUT2D eigenvalue weighted by molar-refractivity contribution is -0.116. The van der Waals surface area contributed by atoms with Gasteiger partial charge in [0.25, 0.3) is 0 Å². The van der Waals surface area contributed by atoms with Crippen LogP contribution in [0.15, 0.2) is 30.6 Å². The first-order chi connectivity index (χ1) is 11.2. The molecule has 2 aromatic heterocycles. The maximum Gasteiger partial charge on any atom is 0.354 e.